The Kier molecular flexibility index (Phi) is 6.31. The van der Waals surface area contributed by atoms with Gasteiger partial charge in [-0.2, -0.15) is 11.8 Å². The summed E-state index contributed by atoms with van der Waals surface area (Å²) < 4.78 is 0. The van der Waals surface area contributed by atoms with Gasteiger partial charge in [0.2, 0.25) is 0 Å². The molecule has 0 unspecified atom stereocenters. The number of aromatic hydroxyl groups is 1. The predicted molar refractivity (Wildman–Crippen MR) is 130 cm³/mol. The second-order valence-electron chi connectivity index (χ2n) is 7.41. The lowest BCUT2D eigenvalue weighted by molar-refractivity contribution is 0.0956. The maximum atomic E-state index is 13.1. The number of aromatic nitrogens is 5. The molecular formula is C22H21N7O2S2. The van der Waals surface area contributed by atoms with Crippen LogP contribution in [0.4, 0.5) is 5.82 Å². The quantitative estimate of drug-likeness (QED) is 0.430. The third kappa shape index (κ3) is 4.74. The van der Waals surface area contributed by atoms with Gasteiger partial charge in [-0.1, -0.05) is 6.07 Å². The number of rotatable bonds is 6. The summed E-state index contributed by atoms with van der Waals surface area (Å²) in [5.74, 6) is 3.23. The van der Waals surface area contributed by atoms with Crippen molar-refractivity contribution in [1.82, 2.24) is 30.2 Å². The van der Waals surface area contributed by atoms with Gasteiger partial charge in [-0.25, -0.2) is 19.9 Å². The Labute approximate surface area is 198 Å². The first-order valence-electron chi connectivity index (χ1n) is 10.5. The first-order chi connectivity index (χ1) is 16.2. The van der Waals surface area contributed by atoms with Crippen molar-refractivity contribution in [2.45, 2.75) is 6.42 Å². The summed E-state index contributed by atoms with van der Waals surface area (Å²) in [5, 5.41) is 14.8. The highest BCUT2D eigenvalue weighted by Gasteiger charge is 2.24. The van der Waals surface area contributed by atoms with E-state index in [1.807, 2.05) is 35.3 Å². The molecule has 0 aliphatic carbocycles. The van der Waals surface area contributed by atoms with E-state index < -0.39 is 0 Å². The molecule has 1 amide bonds. The molecule has 9 nitrogen and oxygen atoms in total. The zero-order valence-corrected chi connectivity index (χ0v) is 19.3. The van der Waals surface area contributed by atoms with Crippen molar-refractivity contribution >= 4 is 45.0 Å². The van der Waals surface area contributed by atoms with Gasteiger partial charge >= 0.3 is 6.01 Å². The Morgan fingerprint density at radius 3 is 2.70 bits per heavy atom. The van der Waals surface area contributed by atoms with Crippen LogP contribution in [0.25, 0.3) is 21.7 Å². The van der Waals surface area contributed by atoms with Crippen LogP contribution >= 0.6 is 23.1 Å². The summed E-state index contributed by atoms with van der Waals surface area (Å²) in [5.41, 5.74) is 2.12. The Bertz CT molecular complexity index is 1260. The third-order valence-corrected chi connectivity index (χ3v) is 7.07. The molecule has 4 aromatic rings. The molecule has 168 valence electrons. The topological polar surface area (TPSA) is 117 Å². The van der Waals surface area contributed by atoms with E-state index in [0.29, 0.717) is 30.0 Å². The van der Waals surface area contributed by atoms with Gasteiger partial charge in [0.15, 0.2) is 5.82 Å². The van der Waals surface area contributed by atoms with Gasteiger partial charge in [-0.05, 0) is 24.1 Å². The van der Waals surface area contributed by atoms with Crippen molar-refractivity contribution in [2.75, 3.05) is 36.0 Å². The number of anilines is 1. The Hall–Kier alpha value is -3.31. The lowest BCUT2D eigenvalue weighted by atomic mass is 10.2. The Balaban J connectivity index is 1.45. The van der Waals surface area contributed by atoms with E-state index in [9.17, 15) is 9.90 Å². The first kappa shape index (κ1) is 21.5. The van der Waals surface area contributed by atoms with E-state index in [4.69, 9.17) is 9.97 Å². The molecule has 1 aliphatic heterocycles. The highest BCUT2D eigenvalue weighted by molar-refractivity contribution is 7.99. The smallest absolute Gasteiger partial charge is 0.313 e. The summed E-state index contributed by atoms with van der Waals surface area (Å²) in [6.45, 7) is 2.17. The molecule has 2 N–H and O–H groups in total. The molecule has 1 fully saturated rings. The van der Waals surface area contributed by atoms with Crippen molar-refractivity contribution in [1.29, 1.82) is 0 Å². The summed E-state index contributed by atoms with van der Waals surface area (Å²) in [7, 11) is 0. The minimum absolute atomic E-state index is 0.164. The first-order valence-corrected chi connectivity index (χ1v) is 12.5. The molecule has 5 heterocycles. The minimum atomic E-state index is -0.263. The van der Waals surface area contributed by atoms with Crippen LogP contribution in [0.5, 0.6) is 6.01 Å². The van der Waals surface area contributed by atoms with Crippen molar-refractivity contribution in [3.8, 4) is 17.5 Å². The van der Waals surface area contributed by atoms with Gasteiger partial charge in [-0.15, -0.1) is 11.3 Å². The fraction of sp³-hybridized carbons (Fsp3) is 0.273. The Morgan fingerprint density at radius 1 is 1.12 bits per heavy atom. The molecule has 0 bridgehead atoms. The van der Waals surface area contributed by atoms with Crippen molar-refractivity contribution in [3.05, 3.63) is 53.3 Å². The molecule has 5 rings (SSSR count). The van der Waals surface area contributed by atoms with E-state index in [1.165, 1.54) is 11.3 Å². The highest BCUT2D eigenvalue weighted by atomic mass is 32.2. The Morgan fingerprint density at radius 2 is 1.94 bits per heavy atom. The second kappa shape index (κ2) is 9.67. The fourth-order valence-corrected chi connectivity index (χ4v) is 5.41. The number of carbonyl (C=O) groups is 1. The van der Waals surface area contributed by atoms with Gasteiger partial charge < -0.3 is 15.3 Å². The maximum absolute atomic E-state index is 13.1. The number of amides is 1. The maximum Gasteiger partial charge on any atom is 0.313 e. The predicted octanol–water partition coefficient (Wildman–Crippen LogP) is 2.77. The molecule has 1 saturated heterocycles. The van der Waals surface area contributed by atoms with Crippen LogP contribution in [0.2, 0.25) is 0 Å². The van der Waals surface area contributed by atoms with Crippen LogP contribution in [0, 0.1) is 0 Å². The van der Waals surface area contributed by atoms with E-state index in [1.54, 1.807) is 18.6 Å². The molecule has 0 saturated carbocycles. The largest absolute Gasteiger partial charge is 0.479 e. The number of carbonyl (C=O) groups excluding carboxylic acids is 1. The molecular weight excluding hydrogens is 458 g/mol. The standard InChI is InChI=1S/C22H21N7O2S2/c30-20(24-6-4-14-11-25-22(31)26-12-14)15-13-33-21-17(15)19(29-7-9-32-10-8-29)27-18(28-21)16-3-1-2-5-23-16/h1-3,5,11-13H,4,6-10H2,(H,24,30)(H,25,26,31). The number of thiophene rings is 1. The molecule has 33 heavy (non-hydrogen) atoms. The van der Waals surface area contributed by atoms with Crippen LogP contribution in [-0.2, 0) is 6.42 Å². The van der Waals surface area contributed by atoms with Crippen molar-refractivity contribution in [3.63, 3.8) is 0 Å². The fourth-order valence-electron chi connectivity index (χ4n) is 3.60. The van der Waals surface area contributed by atoms with Crippen molar-refractivity contribution in [2.24, 2.45) is 0 Å². The zero-order valence-electron chi connectivity index (χ0n) is 17.6. The van der Waals surface area contributed by atoms with Gasteiger partial charge in [0.1, 0.15) is 16.3 Å². The van der Waals surface area contributed by atoms with Crippen LogP contribution in [0.3, 0.4) is 0 Å². The molecule has 0 atom stereocenters. The van der Waals surface area contributed by atoms with Gasteiger partial charge in [0, 0.05) is 55.1 Å². The summed E-state index contributed by atoms with van der Waals surface area (Å²) >= 11 is 3.36. The molecule has 4 aromatic heterocycles. The van der Waals surface area contributed by atoms with Gasteiger partial charge in [0.05, 0.1) is 10.9 Å². The average molecular weight is 480 g/mol. The number of fused-ring (bicyclic) bond motifs is 1. The number of hydrogen-bond donors (Lipinski definition) is 2. The normalized spacial score (nSPS) is 13.9. The number of pyridine rings is 1. The molecule has 1 aliphatic rings. The van der Waals surface area contributed by atoms with Crippen LogP contribution in [0.15, 0.2) is 42.2 Å². The molecule has 11 heteroatoms. The van der Waals surface area contributed by atoms with E-state index in [-0.39, 0.29) is 11.9 Å². The van der Waals surface area contributed by atoms with Gasteiger partial charge in [0.25, 0.3) is 5.91 Å². The lowest BCUT2D eigenvalue weighted by Crippen LogP contribution is -2.34. The van der Waals surface area contributed by atoms with Crippen LogP contribution in [-0.4, -0.2) is 67.1 Å². The lowest BCUT2D eigenvalue weighted by Gasteiger charge is -2.28. The van der Waals surface area contributed by atoms with Crippen LogP contribution < -0.4 is 10.2 Å². The third-order valence-electron chi connectivity index (χ3n) is 5.25. The van der Waals surface area contributed by atoms with Crippen LogP contribution in [0.1, 0.15) is 15.9 Å². The van der Waals surface area contributed by atoms with Gasteiger partial charge in [-0.3, -0.25) is 9.78 Å². The van der Waals surface area contributed by atoms with E-state index >= 15 is 0 Å². The molecule has 0 aromatic carbocycles. The zero-order chi connectivity index (χ0) is 22.6. The van der Waals surface area contributed by atoms with E-state index in [2.05, 4.69) is 25.2 Å². The number of hydrogen-bond acceptors (Lipinski definition) is 10. The number of nitrogens with one attached hydrogen (secondary N) is 1. The average Bonchev–Trinajstić information content (AvgIpc) is 3.30. The highest BCUT2D eigenvalue weighted by Crippen LogP contribution is 2.35. The second-order valence-corrected chi connectivity index (χ2v) is 9.49. The summed E-state index contributed by atoms with van der Waals surface area (Å²) in [6.07, 6.45) is 5.39. The summed E-state index contributed by atoms with van der Waals surface area (Å²) in [6, 6.07) is 5.41. The van der Waals surface area contributed by atoms with E-state index in [0.717, 1.165) is 46.2 Å². The molecule has 0 radical (unpaired) electrons. The molecule has 0 spiro atoms. The minimum Gasteiger partial charge on any atom is -0.479 e. The monoisotopic (exact) mass is 479 g/mol. The SMILES string of the molecule is O=C(NCCc1cnc(O)nc1)c1csc2nc(-c3ccccn3)nc(N3CCSCC3)c12. The van der Waals surface area contributed by atoms with Crippen molar-refractivity contribution < 1.29 is 9.90 Å². The summed E-state index contributed by atoms with van der Waals surface area (Å²) in [4.78, 5) is 37.7. The number of thioether (sulfide) groups is 1. The number of nitrogens with zero attached hydrogens (tertiary/aromatic N) is 6.